The number of carbonyl (C=O) groups excluding carboxylic acids is 2. The van der Waals surface area contributed by atoms with Gasteiger partial charge in [0, 0.05) is 6.54 Å². The van der Waals surface area contributed by atoms with E-state index in [1.807, 2.05) is 0 Å². The molecule has 0 spiro atoms. The molecule has 1 aromatic heterocycles. The van der Waals surface area contributed by atoms with Crippen molar-refractivity contribution in [3.05, 3.63) is 59.0 Å². The fourth-order valence-electron chi connectivity index (χ4n) is 2.25. The van der Waals surface area contributed by atoms with E-state index < -0.39 is 22.0 Å². The van der Waals surface area contributed by atoms with Crippen LogP contribution < -0.4 is 4.72 Å². The first-order chi connectivity index (χ1) is 12.8. The van der Waals surface area contributed by atoms with Gasteiger partial charge in [-0.1, -0.05) is 12.1 Å². The molecule has 27 heavy (non-hydrogen) atoms. The van der Waals surface area contributed by atoms with E-state index >= 15 is 0 Å². The molecule has 0 bridgehead atoms. The molecule has 0 saturated heterocycles. The van der Waals surface area contributed by atoms with Crippen molar-refractivity contribution < 1.29 is 31.9 Å². The Kier molecular flexibility index (Phi) is 7.14. The second kappa shape index (κ2) is 9.33. The molecule has 0 radical (unpaired) electrons. The summed E-state index contributed by atoms with van der Waals surface area (Å²) in [5.41, 5.74) is 1.43. The number of hydrogen-bond acceptors (Lipinski definition) is 7. The van der Waals surface area contributed by atoms with Crippen molar-refractivity contribution in [3.8, 4) is 0 Å². The first-order valence-corrected chi connectivity index (χ1v) is 10.1. The third-order valence-corrected chi connectivity index (χ3v) is 4.27. The van der Waals surface area contributed by atoms with Crippen LogP contribution in [0.15, 0.2) is 41.0 Å². The Bertz CT molecular complexity index is 885. The van der Waals surface area contributed by atoms with Crippen LogP contribution in [0.2, 0.25) is 0 Å². The van der Waals surface area contributed by atoms with Gasteiger partial charge in [0.2, 0.25) is 10.0 Å². The minimum Gasteiger partial charge on any atom is -0.465 e. The number of hydrogen-bond donors (Lipinski definition) is 1. The molecule has 1 aromatic carbocycles. The molecule has 0 aliphatic rings. The van der Waals surface area contributed by atoms with Gasteiger partial charge in [-0.05, 0) is 37.1 Å². The Hall–Kier alpha value is -2.65. The number of carbonyl (C=O) groups is 2. The van der Waals surface area contributed by atoms with Gasteiger partial charge < -0.3 is 13.9 Å². The second-order valence-corrected chi connectivity index (χ2v) is 7.50. The van der Waals surface area contributed by atoms with Crippen LogP contribution in [0.5, 0.6) is 0 Å². The first-order valence-electron chi connectivity index (χ1n) is 8.24. The lowest BCUT2D eigenvalue weighted by atomic mass is 10.1. The lowest BCUT2D eigenvalue weighted by Crippen LogP contribution is -2.24. The minimum absolute atomic E-state index is 0.194. The number of benzene rings is 1. The maximum absolute atomic E-state index is 12.1. The van der Waals surface area contributed by atoms with Gasteiger partial charge in [0.25, 0.3) is 0 Å². The van der Waals surface area contributed by atoms with Crippen molar-refractivity contribution >= 4 is 22.0 Å². The molecular formula is C18H21NO7S. The Morgan fingerprint density at radius 3 is 2.41 bits per heavy atom. The molecule has 0 fully saturated rings. The number of rotatable bonds is 9. The molecule has 9 heteroatoms. The third-order valence-electron chi connectivity index (χ3n) is 3.54. The van der Waals surface area contributed by atoms with Crippen LogP contribution in [0.25, 0.3) is 0 Å². The van der Waals surface area contributed by atoms with Gasteiger partial charge in [0.05, 0.1) is 24.7 Å². The molecular weight excluding hydrogens is 374 g/mol. The Morgan fingerprint density at radius 2 is 1.78 bits per heavy atom. The summed E-state index contributed by atoms with van der Waals surface area (Å²) in [6.45, 7) is 2.01. The maximum atomic E-state index is 12.1. The summed E-state index contributed by atoms with van der Waals surface area (Å²) in [5.74, 6) is -0.892. The van der Waals surface area contributed by atoms with E-state index in [2.05, 4.69) is 4.72 Å². The molecule has 0 aliphatic carbocycles. The fraction of sp³-hybridized carbons (Fsp3) is 0.333. The zero-order chi connectivity index (χ0) is 19.9. The smallest absolute Gasteiger partial charge is 0.341 e. The van der Waals surface area contributed by atoms with E-state index in [1.54, 1.807) is 31.2 Å². The molecule has 1 N–H and O–H groups in total. The van der Waals surface area contributed by atoms with Crippen LogP contribution in [0.1, 0.15) is 39.0 Å². The number of sulfonamides is 1. The lowest BCUT2D eigenvalue weighted by Gasteiger charge is -2.06. The highest BCUT2D eigenvalue weighted by Crippen LogP contribution is 2.15. The summed E-state index contributed by atoms with van der Waals surface area (Å²) in [4.78, 5) is 23.9. The lowest BCUT2D eigenvalue weighted by molar-refractivity contribution is 0.0423. The van der Waals surface area contributed by atoms with Crippen molar-refractivity contribution in [1.82, 2.24) is 4.72 Å². The third kappa shape index (κ3) is 6.54. The SMILES string of the molecule is CCOC(=O)c1ccoc1COC(=O)c1ccc(CCNS(C)(=O)=O)cc1. The van der Waals surface area contributed by atoms with E-state index in [4.69, 9.17) is 13.9 Å². The van der Waals surface area contributed by atoms with Gasteiger partial charge in [-0.25, -0.2) is 22.7 Å². The van der Waals surface area contributed by atoms with Crippen molar-refractivity contribution in [2.45, 2.75) is 20.0 Å². The van der Waals surface area contributed by atoms with Gasteiger partial charge >= 0.3 is 11.9 Å². The van der Waals surface area contributed by atoms with E-state index in [1.165, 1.54) is 12.3 Å². The van der Waals surface area contributed by atoms with Crippen LogP contribution >= 0.6 is 0 Å². The molecule has 0 unspecified atom stereocenters. The molecule has 0 aliphatic heterocycles. The predicted molar refractivity (Wildman–Crippen MR) is 96.8 cm³/mol. The first kappa shape index (κ1) is 20.7. The van der Waals surface area contributed by atoms with Gasteiger partial charge in [0.15, 0.2) is 12.4 Å². The van der Waals surface area contributed by atoms with Crippen LogP contribution in [-0.2, 0) is 32.5 Å². The van der Waals surface area contributed by atoms with Gasteiger partial charge in [-0.3, -0.25) is 0 Å². The molecule has 2 rings (SSSR count). The molecule has 0 atom stereocenters. The van der Waals surface area contributed by atoms with Gasteiger partial charge in [-0.2, -0.15) is 0 Å². The monoisotopic (exact) mass is 395 g/mol. The molecule has 1 heterocycles. The zero-order valence-corrected chi connectivity index (χ0v) is 15.9. The minimum atomic E-state index is -3.22. The highest BCUT2D eigenvalue weighted by molar-refractivity contribution is 7.88. The molecule has 0 saturated carbocycles. The topological polar surface area (TPSA) is 112 Å². The van der Waals surface area contributed by atoms with E-state index in [9.17, 15) is 18.0 Å². The summed E-state index contributed by atoms with van der Waals surface area (Å²) in [6, 6.07) is 8.08. The van der Waals surface area contributed by atoms with Crippen molar-refractivity contribution in [2.75, 3.05) is 19.4 Å². The van der Waals surface area contributed by atoms with Gasteiger partial charge in [0.1, 0.15) is 5.56 Å². The summed E-state index contributed by atoms with van der Waals surface area (Å²) in [5, 5.41) is 0. The zero-order valence-electron chi connectivity index (χ0n) is 15.1. The Labute approximate surface area is 157 Å². The largest absolute Gasteiger partial charge is 0.465 e. The average molecular weight is 395 g/mol. The quantitative estimate of drug-likeness (QED) is 0.645. The maximum Gasteiger partial charge on any atom is 0.341 e. The highest BCUT2D eigenvalue weighted by atomic mass is 32.2. The van der Waals surface area contributed by atoms with Crippen LogP contribution in [0.3, 0.4) is 0 Å². The highest BCUT2D eigenvalue weighted by Gasteiger charge is 2.17. The standard InChI is InChI=1S/C18H21NO7S/c1-3-24-18(21)15-9-11-25-16(15)12-26-17(20)14-6-4-13(5-7-14)8-10-19-27(2,22)23/h4-7,9,11,19H,3,8,10,12H2,1-2H3. The van der Waals surface area contributed by atoms with E-state index in [0.29, 0.717) is 12.0 Å². The summed E-state index contributed by atoms with van der Waals surface area (Å²) in [7, 11) is -3.22. The van der Waals surface area contributed by atoms with Crippen molar-refractivity contribution in [1.29, 1.82) is 0 Å². The normalized spacial score (nSPS) is 11.2. The summed E-state index contributed by atoms with van der Waals surface area (Å²) < 4.78 is 39.7. The van der Waals surface area contributed by atoms with Crippen LogP contribution in [-0.4, -0.2) is 39.8 Å². The average Bonchev–Trinajstić information content (AvgIpc) is 3.08. The number of ether oxygens (including phenoxy) is 2. The van der Waals surface area contributed by atoms with Crippen LogP contribution in [0, 0.1) is 0 Å². The summed E-state index contributed by atoms with van der Waals surface area (Å²) >= 11 is 0. The summed E-state index contributed by atoms with van der Waals surface area (Å²) in [6.07, 6.45) is 2.92. The van der Waals surface area contributed by atoms with Crippen molar-refractivity contribution in [2.24, 2.45) is 0 Å². The Morgan fingerprint density at radius 1 is 1.07 bits per heavy atom. The fourth-order valence-corrected chi connectivity index (χ4v) is 2.72. The Balaban J connectivity index is 1.90. The molecule has 0 amide bonds. The molecule has 8 nitrogen and oxygen atoms in total. The number of furan rings is 1. The number of esters is 2. The van der Waals surface area contributed by atoms with Gasteiger partial charge in [-0.15, -0.1) is 0 Å². The van der Waals surface area contributed by atoms with E-state index in [-0.39, 0.29) is 31.1 Å². The predicted octanol–water partition coefficient (Wildman–Crippen LogP) is 1.91. The van der Waals surface area contributed by atoms with E-state index in [0.717, 1.165) is 11.8 Å². The number of nitrogens with one attached hydrogen (secondary N) is 1. The second-order valence-electron chi connectivity index (χ2n) is 5.67. The molecule has 146 valence electrons. The van der Waals surface area contributed by atoms with Crippen molar-refractivity contribution in [3.63, 3.8) is 0 Å². The molecule has 2 aromatic rings. The van der Waals surface area contributed by atoms with Crippen LogP contribution in [0.4, 0.5) is 0 Å².